The summed E-state index contributed by atoms with van der Waals surface area (Å²) in [5, 5.41) is 0. The fraction of sp³-hybridized carbons (Fsp3) is 0.958. The van der Waals surface area contributed by atoms with E-state index in [1.165, 1.54) is 83.5 Å². The van der Waals surface area contributed by atoms with Gasteiger partial charge in [-0.05, 0) is 51.4 Å². The van der Waals surface area contributed by atoms with Crippen LogP contribution in [0.1, 0.15) is 131 Å². The van der Waals surface area contributed by atoms with Crippen LogP contribution in [0.4, 0.5) is 0 Å². The highest BCUT2D eigenvalue weighted by atomic mass is 31.1. The molecular formula is C24H49O2P. The van der Waals surface area contributed by atoms with Crippen molar-refractivity contribution in [1.82, 2.24) is 0 Å². The van der Waals surface area contributed by atoms with E-state index in [0.29, 0.717) is 14.2 Å². The Labute approximate surface area is 172 Å². The summed E-state index contributed by atoms with van der Waals surface area (Å²) in [6, 6.07) is 0. The second-order valence-corrected chi connectivity index (χ2v) is 10.2. The molecule has 0 saturated heterocycles. The zero-order chi connectivity index (χ0) is 20.6. The predicted octanol–water partition coefficient (Wildman–Crippen LogP) is 8.68. The van der Waals surface area contributed by atoms with Gasteiger partial charge in [-0.3, -0.25) is 4.79 Å². The molecule has 0 heterocycles. The normalized spacial score (nSPS) is 12.8. The van der Waals surface area contributed by atoms with E-state index in [9.17, 15) is 4.79 Å². The average molecular weight is 401 g/mol. The summed E-state index contributed by atoms with van der Waals surface area (Å²) in [6.45, 7) is 13.3. The summed E-state index contributed by atoms with van der Waals surface area (Å²) in [6.07, 6.45) is 18.4. The van der Waals surface area contributed by atoms with Crippen molar-refractivity contribution < 1.29 is 9.32 Å². The maximum atomic E-state index is 12.8. The number of carbonyl (C=O) groups excluding carboxylic acids is 1. The van der Waals surface area contributed by atoms with Crippen LogP contribution >= 0.6 is 8.81 Å². The third-order valence-corrected chi connectivity index (χ3v) is 6.74. The Balaban J connectivity index is 4.85. The largest absolute Gasteiger partial charge is 0.448 e. The van der Waals surface area contributed by atoms with E-state index >= 15 is 0 Å². The van der Waals surface area contributed by atoms with Crippen LogP contribution in [0.2, 0.25) is 0 Å². The van der Waals surface area contributed by atoms with E-state index in [1.807, 2.05) is 0 Å². The van der Waals surface area contributed by atoms with Gasteiger partial charge < -0.3 is 4.52 Å². The third-order valence-electron chi connectivity index (χ3n) is 5.85. The van der Waals surface area contributed by atoms with E-state index in [4.69, 9.17) is 4.52 Å². The van der Waals surface area contributed by atoms with Gasteiger partial charge in [0.15, 0.2) is 0 Å². The summed E-state index contributed by atoms with van der Waals surface area (Å²) in [7, 11) is 0.337. The Morgan fingerprint density at radius 2 is 1.22 bits per heavy atom. The molecule has 0 aliphatic carbocycles. The van der Waals surface area contributed by atoms with Crippen LogP contribution < -0.4 is 0 Å². The molecule has 0 rings (SSSR count). The van der Waals surface area contributed by atoms with Crippen LogP contribution in [-0.2, 0) is 9.32 Å². The monoisotopic (exact) mass is 400 g/mol. The zero-order valence-corrected chi connectivity index (χ0v) is 20.4. The van der Waals surface area contributed by atoms with Crippen molar-refractivity contribution in [1.29, 1.82) is 0 Å². The summed E-state index contributed by atoms with van der Waals surface area (Å²) < 4.78 is 5.74. The fourth-order valence-electron chi connectivity index (χ4n) is 4.18. The van der Waals surface area contributed by atoms with Crippen molar-refractivity contribution >= 4 is 14.8 Å². The molecule has 0 aliphatic rings. The molecular weight excluding hydrogens is 351 g/mol. The van der Waals surface area contributed by atoms with Gasteiger partial charge in [0.05, 0.1) is 14.2 Å². The Morgan fingerprint density at radius 1 is 0.741 bits per heavy atom. The average Bonchev–Trinajstić information content (AvgIpc) is 2.65. The van der Waals surface area contributed by atoms with E-state index in [2.05, 4.69) is 41.5 Å². The first kappa shape index (κ1) is 26.9. The molecule has 0 aromatic heterocycles. The van der Waals surface area contributed by atoms with Gasteiger partial charge in [0.1, 0.15) is 0 Å². The lowest BCUT2D eigenvalue weighted by molar-refractivity contribution is -0.145. The molecule has 2 nitrogen and oxygen atoms in total. The van der Waals surface area contributed by atoms with Gasteiger partial charge in [0.25, 0.3) is 0 Å². The van der Waals surface area contributed by atoms with E-state index in [-0.39, 0.29) is 11.4 Å². The second kappa shape index (κ2) is 15.8. The van der Waals surface area contributed by atoms with Gasteiger partial charge in [0, 0.05) is 6.16 Å². The van der Waals surface area contributed by atoms with E-state index < -0.39 is 0 Å². The third kappa shape index (κ3) is 12.1. The molecule has 0 aromatic carbocycles. The van der Waals surface area contributed by atoms with Gasteiger partial charge in [0.2, 0.25) is 0 Å². The maximum absolute atomic E-state index is 12.8. The number of hydrogen-bond acceptors (Lipinski definition) is 2. The molecule has 1 unspecified atom stereocenters. The topological polar surface area (TPSA) is 26.3 Å². The molecule has 0 saturated carbocycles. The Morgan fingerprint density at radius 3 is 1.67 bits per heavy atom. The molecule has 0 spiro atoms. The molecule has 1 atom stereocenters. The van der Waals surface area contributed by atoms with Crippen LogP contribution in [0, 0.1) is 10.8 Å². The van der Waals surface area contributed by atoms with Crippen molar-refractivity contribution in [2.75, 3.05) is 6.16 Å². The number of carbonyl (C=O) groups is 1. The van der Waals surface area contributed by atoms with E-state index in [1.54, 1.807) is 0 Å². The molecule has 162 valence electrons. The van der Waals surface area contributed by atoms with Crippen LogP contribution in [0.3, 0.4) is 0 Å². The quantitative estimate of drug-likeness (QED) is 0.170. The van der Waals surface area contributed by atoms with Crippen molar-refractivity contribution in [2.24, 2.45) is 10.8 Å². The summed E-state index contributed by atoms with van der Waals surface area (Å²) in [5.74, 6) is 0.0326. The highest BCUT2D eigenvalue weighted by Gasteiger charge is 2.40. The van der Waals surface area contributed by atoms with Crippen molar-refractivity contribution in [3.05, 3.63) is 0 Å². The minimum absolute atomic E-state index is 0.0326. The molecule has 0 radical (unpaired) electrons. The Hall–Kier alpha value is -0.100. The first-order chi connectivity index (χ1) is 12.9. The summed E-state index contributed by atoms with van der Waals surface area (Å²) >= 11 is 0. The molecule has 0 aliphatic heterocycles. The SMILES string of the molecule is CCCCCCPOC(=O)C(C)(C)CC(CCCC)(CCCC)CCCC. The highest BCUT2D eigenvalue weighted by Crippen LogP contribution is 2.46. The number of unbranched alkanes of at least 4 members (excludes halogenated alkanes) is 6. The van der Waals surface area contributed by atoms with Crippen molar-refractivity contribution in [2.45, 2.75) is 131 Å². The Kier molecular flexibility index (Phi) is 15.7. The smallest absolute Gasteiger partial charge is 0.313 e. The standard InChI is InChI=1S/C24H49O2P/c1-7-11-15-16-20-27-26-22(25)23(5,6)21-24(17-12-8-2,18-13-9-3)19-14-10-4/h27H,7-21H2,1-6H3. The summed E-state index contributed by atoms with van der Waals surface area (Å²) in [4.78, 5) is 12.8. The number of hydrogen-bond donors (Lipinski definition) is 0. The molecule has 0 bridgehead atoms. The molecule has 0 aromatic rings. The molecule has 0 fully saturated rings. The van der Waals surface area contributed by atoms with Gasteiger partial charge in [-0.15, -0.1) is 0 Å². The molecule has 0 amide bonds. The van der Waals surface area contributed by atoms with Crippen LogP contribution in [0.25, 0.3) is 0 Å². The zero-order valence-electron chi connectivity index (χ0n) is 19.4. The lowest BCUT2D eigenvalue weighted by Crippen LogP contribution is -2.34. The summed E-state index contributed by atoms with van der Waals surface area (Å²) in [5.41, 5.74) is -0.0551. The van der Waals surface area contributed by atoms with Gasteiger partial charge in [-0.1, -0.05) is 85.5 Å². The van der Waals surface area contributed by atoms with Crippen LogP contribution in [0.15, 0.2) is 0 Å². The van der Waals surface area contributed by atoms with E-state index in [0.717, 1.165) is 12.6 Å². The van der Waals surface area contributed by atoms with Gasteiger partial charge in [-0.25, -0.2) is 0 Å². The molecule has 27 heavy (non-hydrogen) atoms. The van der Waals surface area contributed by atoms with Gasteiger partial charge >= 0.3 is 5.97 Å². The predicted molar refractivity (Wildman–Crippen MR) is 123 cm³/mol. The lowest BCUT2D eigenvalue weighted by atomic mass is 9.65. The van der Waals surface area contributed by atoms with Crippen LogP contribution in [0.5, 0.6) is 0 Å². The number of rotatable bonds is 18. The minimum atomic E-state index is -0.369. The van der Waals surface area contributed by atoms with Crippen molar-refractivity contribution in [3.8, 4) is 0 Å². The first-order valence-corrected chi connectivity index (χ1v) is 12.9. The van der Waals surface area contributed by atoms with Gasteiger partial charge in [-0.2, -0.15) is 0 Å². The molecule has 3 heteroatoms. The van der Waals surface area contributed by atoms with Crippen molar-refractivity contribution in [3.63, 3.8) is 0 Å². The highest BCUT2D eigenvalue weighted by molar-refractivity contribution is 7.32. The minimum Gasteiger partial charge on any atom is -0.448 e. The Bertz CT molecular complexity index is 344. The second-order valence-electron chi connectivity index (χ2n) is 9.22. The first-order valence-electron chi connectivity index (χ1n) is 11.8. The lowest BCUT2D eigenvalue weighted by Gasteiger charge is -2.40. The maximum Gasteiger partial charge on any atom is 0.313 e. The van der Waals surface area contributed by atoms with Crippen LogP contribution in [-0.4, -0.2) is 12.1 Å². The molecule has 0 N–H and O–H groups in total. The fourth-order valence-corrected chi connectivity index (χ4v) is 5.09.